The monoisotopic (exact) mass is 230 g/mol. The number of carbonyl (C=O) groups is 2. The van der Waals surface area contributed by atoms with E-state index in [2.05, 4.69) is 16.4 Å². The topological polar surface area (TPSA) is 52.6 Å². The predicted octanol–water partition coefficient (Wildman–Crippen LogP) is 2.31. The molecular weight excluding hydrogens is 208 g/mol. The van der Waals surface area contributed by atoms with Crippen LogP contribution in [-0.4, -0.2) is 26.2 Å². The average Bonchev–Trinajstić information content (AvgIpc) is 2.31. The van der Waals surface area contributed by atoms with Gasteiger partial charge in [-0.1, -0.05) is 32.6 Å². The summed E-state index contributed by atoms with van der Waals surface area (Å²) >= 11 is 0. The van der Waals surface area contributed by atoms with Crippen LogP contribution in [0.2, 0.25) is 0 Å². The first-order valence-electron chi connectivity index (χ1n) is 5.80. The van der Waals surface area contributed by atoms with E-state index in [1.165, 1.54) is 14.2 Å². The maximum atomic E-state index is 11.4. The number of methoxy groups -OCH3 is 2. The Labute approximate surface area is 97.3 Å². The minimum atomic E-state index is -0.356. The lowest BCUT2D eigenvalue weighted by Gasteiger charge is -2.12. The van der Waals surface area contributed by atoms with Gasteiger partial charge < -0.3 is 9.47 Å². The number of ether oxygens (including phenoxy) is 2. The van der Waals surface area contributed by atoms with Crippen molar-refractivity contribution in [2.45, 2.75) is 45.4 Å². The van der Waals surface area contributed by atoms with Gasteiger partial charge in [-0.3, -0.25) is 9.59 Å². The molecule has 1 atom stereocenters. The fourth-order valence-corrected chi connectivity index (χ4v) is 1.57. The first kappa shape index (κ1) is 14.9. The zero-order valence-corrected chi connectivity index (χ0v) is 10.5. The molecule has 0 aromatic heterocycles. The van der Waals surface area contributed by atoms with Gasteiger partial charge in [-0.05, 0) is 6.42 Å². The Hall–Kier alpha value is -1.06. The van der Waals surface area contributed by atoms with Crippen LogP contribution in [0.4, 0.5) is 0 Å². The van der Waals surface area contributed by atoms with Crippen molar-refractivity contribution >= 4 is 11.9 Å². The molecular formula is C12H22O4. The first-order valence-corrected chi connectivity index (χ1v) is 5.80. The van der Waals surface area contributed by atoms with Gasteiger partial charge in [0.1, 0.15) is 0 Å². The van der Waals surface area contributed by atoms with E-state index in [9.17, 15) is 9.59 Å². The Kier molecular flexibility index (Phi) is 8.58. The van der Waals surface area contributed by atoms with Crippen molar-refractivity contribution in [3.05, 3.63) is 0 Å². The molecule has 16 heavy (non-hydrogen) atoms. The summed E-state index contributed by atoms with van der Waals surface area (Å²) in [5, 5.41) is 0. The number of rotatable bonds is 8. The quantitative estimate of drug-likeness (QED) is 0.474. The highest BCUT2D eigenvalue weighted by Gasteiger charge is 2.22. The molecule has 0 spiro atoms. The third-order valence-corrected chi connectivity index (χ3v) is 2.58. The molecule has 0 aliphatic heterocycles. The van der Waals surface area contributed by atoms with Crippen LogP contribution < -0.4 is 0 Å². The van der Waals surface area contributed by atoms with E-state index in [1.807, 2.05) is 0 Å². The van der Waals surface area contributed by atoms with E-state index in [-0.39, 0.29) is 24.3 Å². The molecule has 0 saturated carbocycles. The van der Waals surface area contributed by atoms with Crippen molar-refractivity contribution in [1.29, 1.82) is 0 Å². The fourth-order valence-electron chi connectivity index (χ4n) is 1.57. The first-order chi connectivity index (χ1) is 7.65. The van der Waals surface area contributed by atoms with Crippen LogP contribution in [0.5, 0.6) is 0 Å². The van der Waals surface area contributed by atoms with Crippen LogP contribution in [0.25, 0.3) is 0 Å². The molecule has 0 fully saturated rings. The summed E-state index contributed by atoms with van der Waals surface area (Å²) in [6, 6.07) is 0. The number of hydrogen-bond donors (Lipinski definition) is 0. The summed E-state index contributed by atoms with van der Waals surface area (Å²) in [5.41, 5.74) is 0. The molecule has 4 nitrogen and oxygen atoms in total. The van der Waals surface area contributed by atoms with Gasteiger partial charge in [-0.2, -0.15) is 0 Å². The molecule has 0 N–H and O–H groups in total. The van der Waals surface area contributed by atoms with Crippen molar-refractivity contribution in [2.75, 3.05) is 14.2 Å². The number of esters is 2. The molecule has 0 rings (SSSR count). The molecule has 0 aromatic rings. The minimum absolute atomic E-state index is 0.120. The third kappa shape index (κ3) is 6.43. The van der Waals surface area contributed by atoms with Crippen LogP contribution in [0.1, 0.15) is 45.4 Å². The van der Waals surface area contributed by atoms with Crippen molar-refractivity contribution in [2.24, 2.45) is 5.92 Å². The highest BCUT2D eigenvalue weighted by molar-refractivity contribution is 5.79. The molecule has 0 aromatic carbocycles. The van der Waals surface area contributed by atoms with E-state index in [4.69, 9.17) is 0 Å². The average molecular weight is 230 g/mol. The lowest BCUT2D eigenvalue weighted by atomic mass is 9.97. The van der Waals surface area contributed by atoms with Gasteiger partial charge in [-0.15, -0.1) is 0 Å². The fraction of sp³-hybridized carbons (Fsp3) is 0.833. The number of hydrogen-bond acceptors (Lipinski definition) is 4. The molecule has 0 aliphatic rings. The predicted molar refractivity (Wildman–Crippen MR) is 60.9 cm³/mol. The highest BCUT2D eigenvalue weighted by Crippen LogP contribution is 2.16. The normalized spacial score (nSPS) is 11.9. The van der Waals surface area contributed by atoms with Gasteiger partial charge in [0, 0.05) is 0 Å². The standard InChI is InChI=1S/C12H22O4/c1-4-5-6-7-8-10(12(14)16-3)9-11(13)15-2/h10H,4-9H2,1-3H3. The maximum Gasteiger partial charge on any atom is 0.309 e. The highest BCUT2D eigenvalue weighted by atomic mass is 16.5. The largest absolute Gasteiger partial charge is 0.469 e. The molecule has 0 saturated heterocycles. The number of carbonyl (C=O) groups excluding carboxylic acids is 2. The Morgan fingerprint density at radius 1 is 1.06 bits per heavy atom. The van der Waals surface area contributed by atoms with Gasteiger partial charge in [0.25, 0.3) is 0 Å². The second-order valence-corrected chi connectivity index (χ2v) is 3.85. The molecule has 1 unspecified atom stereocenters. The van der Waals surface area contributed by atoms with E-state index in [1.54, 1.807) is 0 Å². The van der Waals surface area contributed by atoms with Crippen LogP contribution in [-0.2, 0) is 19.1 Å². The zero-order chi connectivity index (χ0) is 12.4. The number of unbranched alkanes of at least 4 members (excludes halogenated alkanes) is 3. The molecule has 0 heterocycles. The van der Waals surface area contributed by atoms with Crippen molar-refractivity contribution < 1.29 is 19.1 Å². The SMILES string of the molecule is CCCCCCC(CC(=O)OC)C(=O)OC. The molecule has 0 amide bonds. The maximum absolute atomic E-state index is 11.4. The van der Waals surface area contributed by atoms with Crippen LogP contribution in [0, 0.1) is 5.92 Å². The summed E-state index contributed by atoms with van der Waals surface area (Å²) in [7, 11) is 2.67. The molecule has 0 aliphatic carbocycles. The van der Waals surface area contributed by atoms with Crippen LogP contribution in [0.3, 0.4) is 0 Å². The van der Waals surface area contributed by atoms with Gasteiger partial charge in [-0.25, -0.2) is 0 Å². The second kappa shape index (κ2) is 9.19. The van der Waals surface area contributed by atoms with Crippen LogP contribution in [0.15, 0.2) is 0 Å². The van der Waals surface area contributed by atoms with Gasteiger partial charge in [0.15, 0.2) is 0 Å². The summed E-state index contributed by atoms with van der Waals surface area (Å²) in [4.78, 5) is 22.5. The lowest BCUT2D eigenvalue weighted by molar-refractivity contribution is -0.152. The third-order valence-electron chi connectivity index (χ3n) is 2.58. The molecule has 0 radical (unpaired) electrons. The second-order valence-electron chi connectivity index (χ2n) is 3.85. The van der Waals surface area contributed by atoms with Crippen LogP contribution >= 0.6 is 0 Å². The lowest BCUT2D eigenvalue weighted by Crippen LogP contribution is -2.20. The van der Waals surface area contributed by atoms with E-state index in [0.29, 0.717) is 6.42 Å². The Morgan fingerprint density at radius 3 is 2.25 bits per heavy atom. The summed E-state index contributed by atoms with van der Waals surface area (Å²) in [6.07, 6.45) is 5.17. The Morgan fingerprint density at radius 2 is 1.75 bits per heavy atom. The molecule has 4 heteroatoms. The van der Waals surface area contributed by atoms with Crippen molar-refractivity contribution in [3.8, 4) is 0 Å². The molecule has 0 bridgehead atoms. The Bertz CT molecular complexity index is 213. The van der Waals surface area contributed by atoms with Gasteiger partial charge >= 0.3 is 11.9 Å². The molecule has 94 valence electrons. The summed E-state index contributed by atoms with van der Waals surface area (Å²) in [6.45, 7) is 2.13. The van der Waals surface area contributed by atoms with Gasteiger partial charge in [0.2, 0.25) is 0 Å². The van der Waals surface area contributed by atoms with Crippen molar-refractivity contribution in [1.82, 2.24) is 0 Å². The zero-order valence-electron chi connectivity index (χ0n) is 10.5. The van der Waals surface area contributed by atoms with Gasteiger partial charge in [0.05, 0.1) is 26.6 Å². The smallest absolute Gasteiger partial charge is 0.309 e. The van der Waals surface area contributed by atoms with E-state index in [0.717, 1.165) is 25.7 Å². The van der Waals surface area contributed by atoms with E-state index >= 15 is 0 Å². The Balaban J connectivity index is 4.00. The van der Waals surface area contributed by atoms with Crippen molar-refractivity contribution in [3.63, 3.8) is 0 Å². The minimum Gasteiger partial charge on any atom is -0.469 e. The summed E-state index contributed by atoms with van der Waals surface area (Å²) in [5.74, 6) is -1.03. The van der Waals surface area contributed by atoms with E-state index < -0.39 is 0 Å². The summed E-state index contributed by atoms with van der Waals surface area (Å²) < 4.78 is 9.22.